The van der Waals surface area contributed by atoms with Crippen molar-refractivity contribution < 1.29 is 4.42 Å². The van der Waals surface area contributed by atoms with E-state index in [1.165, 1.54) is 49.4 Å². The van der Waals surface area contributed by atoms with Gasteiger partial charge >= 0.3 is 0 Å². The largest absolute Gasteiger partial charge is 0.456 e. The lowest BCUT2D eigenvalue weighted by atomic mass is 9.81. The van der Waals surface area contributed by atoms with Gasteiger partial charge in [-0.3, -0.25) is 0 Å². The van der Waals surface area contributed by atoms with Crippen LogP contribution in [0.1, 0.15) is 25.0 Å². The van der Waals surface area contributed by atoms with E-state index in [9.17, 15) is 0 Å². The maximum Gasteiger partial charge on any atom is 0.160 e. The van der Waals surface area contributed by atoms with Gasteiger partial charge in [-0.25, -0.2) is 9.97 Å². The summed E-state index contributed by atoms with van der Waals surface area (Å²) in [5, 5.41) is 7.19. The van der Waals surface area contributed by atoms with Gasteiger partial charge in [0.2, 0.25) is 0 Å². The van der Waals surface area contributed by atoms with Crippen LogP contribution in [-0.4, -0.2) is 9.97 Å². The van der Waals surface area contributed by atoms with E-state index in [0.29, 0.717) is 5.82 Å². The zero-order valence-corrected chi connectivity index (χ0v) is 33.3. The second kappa shape index (κ2) is 13.2. The van der Waals surface area contributed by atoms with Crippen LogP contribution in [0.3, 0.4) is 0 Å². The Morgan fingerprint density at radius 3 is 1.90 bits per heavy atom. The zero-order valence-electron chi connectivity index (χ0n) is 33.3. The van der Waals surface area contributed by atoms with Crippen molar-refractivity contribution in [3.63, 3.8) is 0 Å². The summed E-state index contributed by atoms with van der Waals surface area (Å²) in [5.41, 5.74) is 16.4. The van der Waals surface area contributed by atoms with E-state index in [2.05, 4.69) is 202 Å². The third kappa shape index (κ3) is 5.36. The molecule has 2 heterocycles. The van der Waals surface area contributed by atoms with Crippen molar-refractivity contribution in [3.8, 4) is 67.3 Å². The molecule has 0 saturated carbocycles. The number of rotatable bonds is 5. The molecule has 0 amide bonds. The number of nitrogens with zero attached hydrogens (tertiary/aromatic N) is 2. The second-order valence-electron chi connectivity index (χ2n) is 16.5. The molecule has 0 fully saturated rings. The van der Waals surface area contributed by atoms with Crippen molar-refractivity contribution in [1.82, 2.24) is 9.97 Å². The third-order valence-electron chi connectivity index (χ3n) is 12.7. The number of furan rings is 1. The fourth-order valence-corrected chi connectivity index (χ4v) is 9.67. The van der Waals surface area contributed by atoms with Gasteiger partial charge in [0.1, 0.15) is 11.2 Å². The first-order valence-electron chi connectivity index (χ1n) is 20.6. The molecule has 0 bridgehead atoms. The summed E-state index contributed by atoms with van der Waals surface area (Å²) in [4.78, 5) is 10.6. The van der Waals surface area contributed by atoms with Gasteiger partial charge in [0.15, 0.2) is 5.82 Å². The average Bonchev–Trinajstić information content (AvgIpc) is 3.79. The standard InChI is InChI=1S/C57H38N2O/c1-57(2)48-25-13-24-45(54(48)46-31-38-17-6-7-18-39(38)33-49(46)57)43-22-10-11-23-44(43)51-34-50(58-56(59-51)36-15-4-3-5-16-36)41-20-12-19-37(30-41)40-27-28-52-47(32-40)55-42-21-9-8-14-35(42)26-29-53(55)60-52/h3-34H,1-2H3. The molecular formula is C57H38N2O. The Morgan fingerprint density at radius 1 is 0.383 bits per heavy atom. The molecule has 0 N–H and O–H groups in total. The number of fused-ring (bicyclic) bond motifs is 9. The highest BCUT2D eigenvalue weighted by molar-refractivity contribution is 6.19. The van der Waals surface area contributed by atoms with Gasteiger partial charge in [-0.15, -0.1) is 0 Å². The molecule has 1 aliphatic rings. The van der Waals surface area contributed by atoms with Gasteiger partial charge in [0, 0.05) is 32.9 Å². The maximum atomic E-state index is 6.35. The van der Waals surface area contributed by atoms with Crippen LogP contribution in [0.5, 0.6) is 0 Å². The van der Waals surface area contributed by atoms with E-state index in [0.717, 1.165) is 66.7 Å². The molecule has 282 valence electrons. The van der Waals surface area contributed by atoms with Crippen LogP contribution in [-0.2, 0) is 5.41 Å². The minimum absolute atomic E-state index is 0.143. The van der Waals surface area contributed by atoms with Crippen LogP contribution in [0.15, 0.2) is 199 Å². The molecule has 3 heteroatoms. The van der Waals surface area contributed by atoms with Crippen molar-refractivity contribution in [3.05, 3.63) is 205 Å². The Kier molecular flexibility index (Phi) is 7.58. The van der Waals surface area contributed by atoms with E-state index in [1.54, 1.807) is 0 Å². The van der Waals surface area contributed by atoms with Gasteiger partial charge in [0.25, 0.3) is 0 Å². The van der Waals surface area contributed by atoms with E-state index in [4.69, 9.17) is 14.4 Å². The summed E-state index contributed by atoms with van der Waals surface area (Å²) in [7, 11) is 0. The number of aromatic nitrogens is 2. The summed E-state index contributed by atoms with van der Waals surface area (Å²) in [6.07, 6.45) is 0. The van der Waals surface area contributed by atoms with E-state index < -0.39 is 0 Å². The molecule has 0 unspecified atom stereocenters. The Balaban J connectivity index is 1.02. The topological polar surface area (TPSA) is 38.9 Å². The lowest BCUT2D eigenvalue weighted by Gasteiger charge is -2.22. The predicted molar refractivity (Wildman–Crippen MR) is 249 cm³/mol. The lowest BCUT2D eigenvalue weighted by molar-refractivity contribution is 0.661. The zero-order chi connectivity index (χ0) is 40.0. The summed E-state index contributed by atoms with van der Waals surface area (Å²) >= 11 is 0. The van der Waals surface area contributed by atoms with Gasteiger partial charge in [0.05, 0.1) is 11.4 Å². The molecule has 0 atom stereocenters. The van der Waals surface area contributed by atoms with Gasteiger partial charge < -0.3 is 4.42 Å². The monoisotopic (exact) mass is 766 g/mol. The lowest BCUT2D eigenvalue weighted by Crippen LogP contribution is -2.14. The molecule has 2 aromatic heterocycles. The molecular weight excluding hydrogens is 729 g/mol. The highest BCUT2D eigenvalue weighted by atomic mass is 16.3. The van der Waals surface area contributed by atoms with Crippen LogP contribution in [0.25, 0.3) is 111 Å². The molecule has 0 saturated heterocycles. The van der Waals surface area contributed by atoms with Crippen molar-refractivity contribution in [2.45, 2.75) is 19.3 Å². The first kappa shape index (κ1) is 34.4. The molecule has 1 aliphatic carbocycles. The highest BCUT2D eigenvalue weighted by Crippen LogP contribution is 2.54. The Hall–Kier alpha value is -7.62. The number of benzene rings is 9. The normalized spacial score (nSPS) is 13.0. The number of hydrogen-bond donors (Lipinski definition) is 0. The molecule has 9 aromatic carbocycles. The van der Waals surface area contributed by atoms with E-state index in [1.807, 2.05) is 6.07 Å². The van der Waals surface area contributed by atoms with Crippen molar-refractivity contribution in [2.75, 3.05) is 0 Å². The quantitative estimate of drug-likeness (QED) is 0.175. The maximum absolute atomic E-state index is 6.35. The Morgan fingerprint density at radius 2 is 1.03 bits per heavy atom. The minimum Gasteiger partial charge on any atom is -0.456 e. The van der Waals surface area contributed by atoms with Crippen molar-refractivity contribution >= 4 is 43.5 Å². The third-order valence-corrected chi connectivity index (χ3v) is 12.7. The van der Waals surface area contributed by atoms with E-state index in [-0.39, 0.29) is 5.41 Å². The predicted octanol–water partition coefficient (Wildman–Crippen LogP) is 15.3. The fraction of sp³-hybridized carbons (Fsp3) is 0.0526. The van der Waals surface area contributed by atoms with Crippen molar-refractivity contribution in [1.29, 1.82) is 0 Å². The molecule has 12 rings (SSSR count). The summed E-state index contributed by atoms with van der Waals surface area (Å²) < 4.78 is 6.35. The minimum atomic E-state index is -0.143. The summed E-state index contributed by atoms with van der Waals surface area (Å²) in [6.45, 7) is 4.72. The van der Waals surface area contributed by atoms with Gasteiger partial charge in [-0.1, -0.05) is 166 Å². The van der Waals surface area contributed by atoms with Crippen LogP contribution >= 0.6 is 0 Å². The molecule has 0 radical (unpaired) electrons. The molecule has 11 aromatic rings. The van der Waals surface area contributed by atoms with Gasteiger partial charge in [-0.2, -0.15) is 0 Å². The summed E-state index contributed by atoms with van der Waals surface area (Å²) in [5.74, 6) is 0.692. The number of hydrogen-bond acceptors (Lipinski definition) is 3. The Bertz CT molecular complexity index is 3520. The fourth-order valence-electron chi connectivity index (χ4n) is 9.67. The summed E-state index contributed by atoms with van der Waals surface area (Å²) in [6, 6.07) is 69.5. The first-order chi connectivity index (χ1) is 29.5. The first-order valence-corrected chi connectivity index (χ1v) is 20.6. The second-order valence-corrected chi connectivity index (χ2v) is 16.5. The van der Waals surface area contributed by atoms with Crippen LogP contribution in [0.2, 0.25) is 0 Å². The van der Waals surface area contributed by atoms with Crippen LogP contribution in [0.4, 0.5) is 0 Å². The van der Waals surface area contributed by atoms with Crippen molar-refractivity contribution in [2.24, 2.45) is 0 Å². The van der Waals surface area contributed by atoms with Gasteiger partial charge in [-0.05, 0) is 109 Å². The molecule has 3 nitrogen and oxygen atoms in total. The van der Waals surface area contributed by atoms with Crippen LogP contribution in [0, 0.1) is 0 Å². The Labute approximate surface area is 348 Å². The molecule has 0 spiro atoms. The van der Waals surface area contributed by atoms with E-state index >= 15 is 0 Å². The highest BCUT2D eigenvalue weighted by Gasteiger charge is 2.37. The molecule has 0 aliphatic heterocycles. The molecule has 60 heavy (non-hydrogen) atoms. The van der Waals surface area contributed by atoms with Crippen LogP contribution < -0.4 is 0 Å². The smallest absolute Gasteiger partial charge is 0.160 e. The average molecular weight is 767 g/mol. The SMILES string of the molecule is CC1(C)c2cc3ccccc3cc2-c2c(-c3ccccc3-c3cc(-c4cccc(-c5ccc6oc7ccc8ccccc8c7c6c5)c4)nc(-c4ccccc4)n3)cccc21.